The lowest BCUT2D eigenvalue weighted by Gasteiger charge is -2.06. The van der Waals surface area contributed by atoms with Gasteiger partial charge in [0, 0.05) is 18.9 Å². The predicted octanol–water partition coefficient (Wildman–Crippen LogP) is 1.72. The fraction of sp³-hybridized carbons (Fsp3) is 0.0833. The Morgan fingerprint density at radius 1 is 1.38 bits per heavy atom. The van der Waals surface area contributed by atoms with E-state index in [0.29, 0.717) is 0 Å². The smallest absolute Gasteiger partial charge is 0.272 e. The van der Waals surface area contributed by atoms with Crippen molar-refractivity contribution in [2.24, 2.45) is 12.2 Å². The van der Waals surface area contributed by atoms with Crippen LogP contribution in [0, 0.1) is 5.82 Å². The summed E-state index contributed by atoms with van der Waals surface area (Å²) in [7, 11) is -2.39. The highest BCUT2D eigenvalue weighted by molar-refractivity contribution is 7.89. The number of halogens is 2. The van der Waals surface area contributed by atoms with Crippen LogP contribution in [0.25, 0.3) is 0 Å². The minimum atomic E-state index is -3.89. The number of carbonyl (C=O) groups is 1. The van der Waals surface area contributed by atoms with Crippen LogP contribution in [0.1, 0.15) is 10.5 Å². The van der Waals surface area contributed by atoms with Crippen molar-refractivity contribution in [3.05, 3.63) is 47.0 Å². The number of aryl methyl sites for hydroxylation is 1. The summed E-state index contributed by atoms with van der Waals surface area (Å²) in [6.07, 6.45) is 1.22. The van der Waals surface area contributed by atoms with Gasteiger partial charge in [0.05, 0.1) is 5.02 Å². The van der Waals surface area contributed by atoms with E-state index in [2.05, 4.69) is 5.32 Å². The van der Waals surface area contributed by atoms with Crippen LogP contribution < -0.4 is 10.5 Å². The number of nitrogens with one attached hydrogen (secondary N) is 1. The summed E-state index contributed by atoms with van der Waals surface area (Å²) < 4.78 is 36.8. The third kappa shape index (κ3) is 3.41. The van der Waals surface area contributed by atoms with Crippen LogP contribution in [-0.4, -0.2) is 18.9 Å². The average Bonchev–Trinajstić information content (AvgIpc) is 2.76. The van der Waals surface area contributed by atoms with Gasteiger partial charge < -0.3 is 9.88 Å². The molecule has 0 aliphatic rings. The molecule has 0 spiro atoms. The van der Waals surface area contributed by atoms with Gasteiger partial charge in [-0.3, -0.25) is 4.79 Å². The van der Waals surface area contributed by atoms with Gasteiger partial charge >= 0.3 is 0 Å². The van der Waals surface area contributed by atoms with E-state index in [1.165, 1.54) is 29.9 Å². The van der Waals surface area contributed by atoms with Crippen molar-refractivity contribution >= 4 is 33.2 Å². The Morgan fingerprint density at radius 3 is 2.57 bits per heavy atom. The zero-order valence-electron chi connectivity index (χ0n) is 10.8. The average molecular weight is 332 g/mol. The maximum atomic E-state index is 13.0. The summed E-state index contributed by atoms with van der Waals surface area (Å²) in [5, 5.41) is 7.35. The molecular weight excluding hydrogens is 321 g/mol. The maximum absolute atomic E-state index is 13.0. The minimum absolute atomic E-state index is 0.0828. The van der Waals surface area contributed by atoms with Gasteiger partial charge in [0.2, 0.25) is 10.0 Å². The first kappa shape index (κ1) is 15.5. The molecule has 0 fully saturated rings. The van der Waals surface area contributed by atoms with Gasteiger partial charge in [-0.05, 0) is 24.3 Å². The fourth-order valence-corrected chi connectivity index (χ4v) is 2.45. The number of rotatable bonds is 3. The number of carbonyl (C=O) groups excluding carboxylic acids is 1. The number of aromatic nitrogens is 1. The third-order valence-electron chi connectivity index (χ3n) is 2.72. The van der Waals surface area contributed by atoms with Gasteiger partial charge in [0.1, 0.15) is 16.4 Å². The quantitative estimate of drug-likeness (QED) is 0.896. The second-order valence-corrected chi connectivity index (χ2v) is 6.27. The highest BCUT2D eigenvalue weighted by atomic mass is 35.5. The molecule has 0 radical (unpaired) electrons. The van der Waals surface area contributed by atoms with Crippen molar-refractivity contribution in [3.63, 3.8) is 0 Å². The van der Waals surface area contributed by atoms with E-state index in [1.54, 1.807) is 0 Å². The number of primary sulfonamides is 1. The molecule has 0 atom stereocenters. The van der Waals surface area contributed by atoms with E-state index < -0.39 is 21.7 Å². The first-order chi connectivity index (χ1) is 9.68. The van der Waals surface area contributed by atoms with Crippen LogP contribution in [-0.2, 0) is 17.1 Å². The molecule has 112 valence electrons. The molecule has 1 amide bonds. The van der Waals surface area contributed by atoms with Gasteiger partial charge in [-0.2, -0.15) is 0 Å². The summed E-state index contributed by atoms with van der Waals surface area (Å²) in [5.41, 5.74) is 0.365. The van der Waals surface area contributed by atoms with Crippen molar-refractivity contribution in [1.82, 2.24) is 4.57 Å². The van der Waals surface area contributed by atoms with Crippen LogP contribution in [0.4, 0.5) is 10.1 Å². The molecule has 0 saturated carbocycles. The van der Waals surface area contributed by atoms with Crippen LogP contribution in [0.15, 0.2) is 35.4 Å². The topological polar surface area (TPSA) is 94.2 Å². The van der Waals surface area contributed by atoms with Gasteiger partial charge in [0.15, 0.2) is 0 Å². The summed E-state index contributed by atoms with van der Waals surface area (Å²) >= 11 is 5.61. The van der Waals surface area contributed by atoms with Gasteiger partial charge in [-0.1, -0.05) is 11.6 Å². The van der Waals surface area contributed by atoms with Crippen molar-refractivity contribution in [2.45, 2.75) is 4.90 Å². The Bertz CT molecular complexity index is 817. The first-order valence-corrected chi connectivity index (χ1v) is 7.56. The van der Waals surface area contributed by atoms with Crippen LogP contribution in [0.5, 0.6) is 0 Å². The monoisotopic (exact) mass is 331 g/mol. The Morgan fingerprint density at radius 2 is 2.05 bits per heavy atom. The second kappa shape index (κ2) is 5.47. The van der Waals surface area contributed by atoms with E-state index >= 15 is 0 Å². The number of anilines is 1. The lowest BCUT2D eigenvalue weighted by Crippen LogP contribution is -2.15. The van der Waals surface area contributed by atoms with E-state index in [0.717, 1.165) is 12.1 Å². The van der Waals surface area contributed by atoms with Crippen molar-refractivity contribution in [2.75, 3.05) is 5.32 Å². The van der Waals surface area contributed by atoms with Crippen molar-refractivity contribution in [3.8, 4) is 0 Å². The van der Waals surface area contributed by atoms with Crippen molar-refractivity contribution < 1.29 is 17.6 Å². The first-order valence-electron chi connectivity index (χ1n) is 5.64. The number of nitrogens with two attached hydrogens (primary N) is 1. The fourth-order valence-electron chi connectivity index (χ4n) is 1.68. The minimum Gasteiger partial charge on any atom is -0.345 e. The molecule has 2 aromatic rings. The Hall–Kier alpha value is -1.90. The molecular formula is C12H11ClFN3O3S. The van der Waals surface area contributed by atoms with E-state index in [9.17, 15) is 17.6 Å². The number of hydrogen-bond acceptors (Lipinski definition) is 3. The number of benzene rings is 1. The molecule has 0 aliphatic carbocycles. The molecule has 0 aliphatic heterocycles. The second-order valence-electron chi connectivity index (χ2n) is 4.30. The van der Waals surface area contributed by atoms with Gasteiger partial charge in [0.25, 0.3) is 5.91 Å². The maximum Gasteiger partial charge on any atom is 0.272 e. The van der Waals surface area contributed by atoms with Gasteiger partial charge in [-0.25, -0.2) is 17.9 Å². The number of nitrogens with zero attached hydrogens (tertiary/aromatic N) is 1. The Kier molecular flexibility index (Phi) is 4.04. The number of amides is 1. The highest BCUT2D eigenvalue weighted by Crippen LogP contribution is 2.20. The molecule has 1 heterocycles. The van der Waals surface area contributed by atoms with Crippen molar-refractivity contribution in [1.29, 1.82) is 0 Å². The molecule has 0 bridgehead atoms. The van der Waals surface area contributed by atoms with Crippen LogP contribution in [0.3, 0.4) is 0 Å². The van der Waals surface area contributed by atoms with Gasteiger partial charge in [-0.15, -0.1) is 0 Å². The Labute approximate surface area is 125 Å². The number of hydrogen-bond donors (Lipinski definition) is 2. The molecule has 0 unspecified atom stereocenters. The summed E-state index contributed by atoms with van der Waals surface area (Å²) in [5.74, 6) is -1.18. The molecule has 21 heavy (non-hydrogen) atoms. The lowest BCUT2D eigenvalue weighted by molar-refractivity contribution is 0.101. The highest BCUT2D eigenvalue weighted by Gasteiger charge is 2.17. The summed E-state index contributed by atoms with van der Waals surface area (Å²) in [6, 6.07) is 4.84. The molecule has 9 heteroatoms. The van der Waals surface area contributed by atoms with E-state index in [4.69, 9.17) is 16.7 Å². The van der Waals surface area contributed by atoms with E-state index in [1.807, 2.05) is 0 Å². The van der Waals surface area contributed by atoms with Crippen LogP contribution >= 0.6 is 11.6 Å². The van der Waals surface area contributed by atoms with E-state index in [-0.39, 0.29) is 21.3 Å². The summed E-state index contributed by atoms with van der Waals surface area (Å²) in [6.45, 7) is 0. The molecule has 2 rings (SSSR count). The predicted molar refractivity (Wildman–Crippen MR) is 76.1 cm³/mol. The Balaban J connectivity index is 2.28. The molecule has 0 saturated heterocycles. The SMILES string of the molecule is Cn1cc(S(N)(=O)=O)cc1C(=O)Nc1ccc(F)c(Cl)c1. The standard InChI is InChI=1S/C12H11ClFN3O3S/c1-17-6-8(21(15,19)20)5-11(17)12(18)16-7-2-3-10(14)9(13)4-7/h2-6H,1H3,(H,16,18)(H2,15,19,20). The molecule has 1 aromatic heterocycles. The zero-order chi connectivity index (χ0) is 15.8. The third-order valence-corrected chi connectivity index (χ3v) is 3.89. The number of sulfonamides is 1. The normalized spacial score (nSPS) is 11.4. The lowest BCUT2D eigenvalue weighted by atomic mass is 10.3. The molecule has 6 nitrogen and oxygen atoms in total. The largest absolute Gasteiger partial charge is 0.345 e. The zero-order valence-corrected chi connectivity index (χ0v) is 12.4. The molecule has 1 aromatic carbocycles. The summed E-state index contributed by atoms with van der Waals surface area (Å²) in [4.78, 5) is 11.9. The van der Waals surface area contributed by atoms with Crippen LogP contribution in [0.2, 0.25) is 5.02 Å². The molecule has 3 N–H and O–H groups in total.